The first kappa shape index (κ1) is 12.6. The van der Waals surface area contributed by atoms with Crippen LogP contribution in [0, 0.1) is 0 Å². The van der Waals surface area contributed by atoms with Gasteiger partial charge < -0.3 is 25.1 Å². The fourth-order valence-electron chi connectivity index (χ4n) is 1.49. The van der Waals surface area contributed by atoms with Gasteiger partial charge in [-0.25, -0.2) is 0 Å². The summed E-state index contributed by atoms with van der Waals surface area (Å²) in [5.41, 5.74) is 6.42. The Kier molecular flexibility index (Phi) is 4.39. The lowest BCUT2D eigenvalue weighted by Crippen LogP contribution is -2.16. The SMILES string of the molecule is COc1cc(OC)c([C@@H](N)CO)c(OC)c1. The monoisotopic (exact) mass is 227 g/mol. The molecule has 0 aliphatic rings. The molecule has 0 saturated heterocycles. The van der Waals surface area contributed by atoms with Crippen LogP contribution >= 0.6 is 0 Å². The van der Waals surface area contributed by atoms with E-state index in [-0.39, 0.29) is 6.61 Å². The molecule has 3 N–H and O–H groups in total. The Labute approximate surface area is 94.7 Å². The molecule has 0 aromatic heterocycles. The molecule has 0 spiro atoms. The molecule has 0 heterocycles. The second-order valence-electron chi connectivity index (χ2n) is 3.23. The summed E-state index contributed by atoms with van der Waals surface area (Å²) in [6, 6.07) is 2.86. The van der Waals surface area contributed by atoms with Gasteiger partial charge in [0.2, 0.25) is 0 Å². The van der Waals surface area contributed by atoms with E-state index >= 15 is 0 Å². The molecule has 0 aliphatic heterocycles. The lowest BCUT2D eigenvalue weighted by atomic mass is 10.1. The van der Waals surface area contributed by atoms with Crippen molar-refractivity contribution >= 4 is 0 Å². The molecule has 0 amide bonds. The molecular formula is C11H17NO4. The van der Waals surface area contributed by atoms with Gasteiger partial charge in [0.25, 0.3) is 0 Å². The minimum atomic E-state index is -0.546. The lowest BCUT2D eigenvalue weighted by Gasteiger charge is -2.18. The molecule has 1 aromatic rings. The fourth-order valence-corrected chi connectivity index (χ4v) is 1.49. The number of benzene rings is 1. The van der Waals surface area contributed by atoms with Crippen molar-refractivity contribution in [3.05, 3.63) is 17.7 Å². The second-order valence-corrected chi connectivity index (χ2v) is 3.23. The molecule has 5 nitrogen and oxygen atoms in total. The number of ether oxygens (including phenoxy) is 3. The van der Waals surface area contributed by atoms with Crippen molar-refractivity contribution in [2.75, 3.05) is 27.9 Å². The van der Waals surface area contributed by atoms with E-state index in [1.807, 2.05) is 0 Å². The van der Waals surface area contributed by atoms with E-state index < -0.39 is 6.04 Å². The molecule has 0 saturated carbocycles. The summed E-state index contributed by atoms with van der Waals surface area (Å²) in [5.74, 6) is 1.69. The van der Waals surface area contributed by atoms with Gasteiger partial charge >= 0.3 is 0 Å². The number of aliphatic hydroxyl groups excluding tert-OH is 1. The minimum absolute atomic E-state index is 0.181. The van der Waals surface area contributed by atoms with Crippen LogP contribution in [0.15, 0.2) is 12.1 Å². The quantitative estimate of drug-likeness (QED) is 0.774. The van der Waals surface area contributed by atoms with Crippen LogP contribution in [-0.2, 0) is 0 Å². The minimum Gasteiger partial charge on any atom is -0.496 e. The van der Waals surface area contributed by atoms with Gasteiger partial charge in [-0.2, -0.15) is 0 Å². The van der Waals surface area contributed by atoms with Gasteiger partial charge in [-0.15, -0.1) is 0 Å². The van der Waals surface area contributed by atoms with Crippen molar-refractivity contribution in [2.24, 2.45) is 5.73 Å². The maximum Gasteiger partial charge on any atom is 0.131 e. The smallest absolute Gasteiger partial charge is 0.131 e. The molecule has 0 aliphatic carbocycles. The van der Waals surface area contributed by atoms with E-state index in [9.17, 15) is 0 Å². The van der Waals surface area contributed by atoms with Crippen LogP contribution in [0.4, 0.5) is 0 Å². The van der Waals surface area contributed by atoms with Crippen molar-refractivity contribution in [1.82, 2.24) is 0 Å². The number of hydrogen-bond donors (Lipinski definition) is 2. The average Bonchev–Trinajstić information content (AvgIpc) is 2.35. The van der Waals surface area contributed by atoms with E-state index in [1.54, 1.807) is 19.2 Å². The molecule has 1 rings (SSSR count). The van der Waals surface area contributed by atoms with Crippen molar-refractivity contribution in [3.63, 3.8) is 0 Å². The van der Waals surface area contributed by atoms with E-state index in [0.29, 0.717) is 22.8 Å². The van der Waals surface area contributed by atoms with Crippen molar-refractivity contribution < 1.29 is 19.3 Å². The first-order valence-corrected chi connectivity index (χ1v) is 4.84. The van der Waals surface area contributed by atoms with Crippen molar-refractivity contribution in [1.29, 1.82) is 0 Å². The predicted octanol–water partition coefficient (Wildman–Crippen LogP) is 0.704. The Morgan fingerprint density at radius 2 is 1.62 bits per heavy atom. The van der Waals surface area contributed by atoms with Gasteiger partial charge in [-0.3, -0.25) is 0 Å². The van der Waals surface area contributed by atoms with Crippen LogP contribution in [0.25, 0.3) is 0 Å². The predicted molar refractivity (Wildman–Crippen MR) is 60.1 cm³/mol. The van der Waals surface area contributed by atoms with Gasteiger partial charge in [0.15, 0.2) is 0 Å². The standard InChI is InChI=1S/C11H17NO4/c1-14-7-4-9(15-2)11(8(12)6-13)10(5-7)16-3/h4-5,8,13H,6,12H2,1-3H3/t8-/m0/s1. The molecule has 1 aromatic carbocycles. The summed E-state index contributed by atoms with van der Waals surface area (Å²) in [4.78, 5) is 0. The summed E-state index contributed by atoms with van der Waals surface area (Å²) >= 11 is 0. The molecule has 0 bridgehead atoms. The number of nitrogens with two attached hydrogens (primary N) is 1. The highest BCUT2D eigenvalue weighted by Crippen LogP contribution is 2.37. The molecule has 0 radical (unpaired) electrons. The maximum absolute atomic E-state index is 9.09. The first-order chi connectivity index (χ1) is 7.67. The average molecular weight is 227 g/mol. The Bertz CT molecular complexity index is 329. The van der Waals surface area contributed by atoms with E-state index in [1.165, 1.54) is 14.2 Å². The third-order valence-electron chi connectivity index (χ3n) is 2.32. The second kappa shape index (κ2) is 5.58. The summed E-state index contributed by atoms with van der Waals surface area (Å²) in [6.07, 6.45) is 0. The largest absolute Gasteiger partial charge is 0.496 e. The topological polar surface area (TPSA) is 73.9 Å². The molecule has 16 heavy (non-hydrogen) atoms. The zero-order valence-electron chi connectivity index (χ0n) is 9.69. The highest BCUT2D eigenvalue weighted by molar-refractivity contribution is 5.52. The Morgan fingerprint density at radius 1 is 1.12 bits per heavy atom. The van der Waals surface area contributed by atoms with Crippen LogP contribution in [-0.4, -0.2) is 33.0 Å². The van der Waals surface area contributed by atoms with Gasteiger partial charge in [0.1, 0.15) is 17.2 Å². The molecule has 5 heteroatoms. The summed E-state index contributed by atoms with van der Waals surface area (Å²) in [6.45, 7) is -0.181. The molecule has 1 atom stereocenters. The van der Waals surface area contributed by atoms with Crippen LogP contribution in [0.2, 0.25) is 0 Å². The van der Waals surface area contributed by atoms with Gasteiger partial charge in [-0.05, 0) is 0 Å². The summed E-state index contributed by atoms with van der Waals surface area (Å²) in [5, 5.41) is 9.09. The normalized spacial score (nSPS) is 12.1. The van der Waals surface area contributed by atoms with Crippen molar-refractivity contribution in [3.8, 4) is 17.2 Å². The van der Waals surface area contributed by atoms with Gasteiger partial charge in [0.05, 0.1) is 39.5 Å². The van der Waals surface area contributed by atoms with E-state index in [2.05, 4.69) is 0 Å². The highest BCUT2D eigenvalue weighted by Gasteiger charge is 2.18. The van der Waals surface area contributed by atoms with E-state index in [4.69, 9.17) is 25.1 Å². The molecule has 90 valence electrons. The third kappa shape index (κ3) is 2.37. The van der Waals surface area contributed by atoms with Crippen LogP contribution < -0.4 is 19.9 Å². The number of methoxy groups -OCH3 is 3. The molecule has 0 fully saturated rings. The first-order valence-electron chi connectivity index (χ1n) is 4.84. The number of hydrogen-bond acceptors (Lipinski definition) is 5. The van der Waals surface area contributed by atoms with Crippen LogP contribution in [0.5, 0.6) is 17.2 Å². The van der Waals surface area contributed by atoms with Crippen LogP contribution in [0.3, 0.4) is 0 Å². The zero-order chi connectivity index (χ0) is 12.1. The highest BCUT2D eigenvalue weighted by atomic mass is 16.5. The van der Waals surface area contributed by atoms with Gasteiger partial charge in [0, 0.05) is 12.1 Å². The lowest BCUT2D eigenvalue weighted by molar-refractivity contribution is 0.260. The van der Waals surface area contributed by atoms with Crippen molar-refractivity contribution in [2.45, 2.75) is 6.04 Å². The zero-order valence-corrected chi connectivity index (χ0v) is 9.69. The number of aliphatic hydroxyl groups is 1. The Balaban J connectivity index is 3.31. The summed E-state index contributed by atoms with van der Waals surface area (Å²) in [7, 11) is 4.61. The van der Waals surface area contributed by atoms with Gasteiger partial charge in [-0.1, -0.05) is 0 Å². The van der Waals surface area contributed by atoms with Crippen LogP contribution in [0.1, 0.15) is 11.6 Å². The summed E-state index contributed by atoms with van der Waals surface area (Å²) < 4.78 is 15.5. The van der Waals surface area contributed by atoms with E-state index in [0.717, 1.165) is 0 Å². The fraction of sp³-hybridized carbons (Fsp3) is 0.455. The molecular weight excluding hydrogens is 210 g/mol. The maximum atomic E-state index is 9.09. The number of rotatable bonds is 5. The Morgan fingerprint density at radius 3 is 1.94 bits per heavy atom. The molecule has 0 unspecified atom stereocenters. The third-order valence-corrected chi connectivity index (χ3v) is 2.32. The Hall–Kier alpha value is -1.46.